The summed E-state index contributed by atoms with van der Waals surface area (Å²) < 4.78 is 5.47. The summed E-state index contributed by atoms with van der Waals surface area (Å²) in [7, 11) is 0. The summed E-state index contributed by atoms with van der Waals surface area (Å²) >= 11 is 0. The van der Waals surface area contributed by atoms with Gasteiger partial charge in [-0.15, -0.1) is 0 Å². The minimum absolute atomic E-state index is 0.490. The molecule has 23 heavy (non-hydrogen) atoms. The van der Waals surface area contributed by atoms with Crippen molar-refractivity contribution in [1.82, 2.24) is 9.97 Å². The van der Waals surface area contributed by atoms with E-state index in [4.69, 9.17) is 10.5 Å². The highest BCUT2D eigenvalue weighted by molar-refractivity contribution is 5.67. The average molecular weight is 312 g/mol. The van der Waals surface area contributed by atoms with Gasteiger partial charge in [0.25, 0.3) is 0 Å². The van der Waals surface area contributed by atoms with Crippen LogP contribution in [-0.4, -0.2) is 29.7 Å². The van der Waals surface area contributed by atoms with E-state index in [1.165, 1.54) is 11.9 Å². The molecule has 5 heteroatoms. The molecule has 1 fully saturated rings. The zero-order valence-electron chi connectivity index (χ0n) is 13.6. The van der Waals surface area contributed by atoms with Gasteiger partial charge in [0, 0.05) is 13.1 Å². The first-order valence-corrected chi connectivity index (χ1v) is 8.30. The van der Waals surface area contributed by atoms with Crippen molar-refractivity contribution in [3.63, 3.8) is 0 Å². The number of nitrogens with two attached hydrogens (primary N) is 1. The van der Waals surface area contributed by atoms with Crippen LogP contribution in [0, 0.1) is 5.92 Å². The van der Waals surface area contributed by atoms with Gasteiger partial charge in [0.2, 0.25) is 5.88 Å². The van der Waals surface area contributed by atoms with Crippen LogP contribution >= 0.6 is 0 Å². The summed E-state index contributed by atoms with van der Waals surface area (Å²) in [6.45, 7) is 4.44. The third-order valence-corrected chi connectivity index (χ3v) is 4.39. The van der Waals surface area contributed by atoms with Gasteiger partial charge in [0.1, 0.15) is 12.0 Å². The summed E-state index contributed by atoms with van der Waals surface area (Å²) in [5.41, 5.74) is 8.14. The monoisotopic (exact) mass is 312 g/mol. The second-order valence-corrected chi connectivity index (χ2v) is 5.97. The summed E-state index contributed by atoms with van der Waals surface area (Å²) in [5, 5.41) is 0. The molecule has 3 rings (SSSR count). The topological polar surface area (TPSA) is 64.3 Å². The molecule has 1 saturated heterocycles. The molecule has 122 valence electrons. The minimum atomic E-state index is 0.490. The average Bonchev–Trinajstić information content (AvgIpc) is 2.59. The number of nitrogens with zero attached hydrogens (tertiary/aromatic N) is 3. The van der Waals surface area contributed by atoms with Gasteiger partial charge in [-0.05, 0) is 37.7 Å². The molecule has 2 heterocycles. The van der Waals surface area contributed by atoms with Gasteiger partial charge in [-0.1, -0.05) is 30.3 Å². The number of nitrogen functional groups attached to an aromatic ring is 1. The maximum Gasteiger partial charge on any atom is 0.242 e. The zero-order chi connectivity index (χ0) is 16.1. The molecule has 0 amide bonds. The van der Waals surface area contributed by atoms with Crippen molar-refractivity contribution in [3.8, 4) is 5.88 Å². The summed E-state index contributed by atoms with van der Waals surface area (Å²) in [5.74, 6) is 2.02. The van der Waals surface area contributed by atoms with Crippen LogP contribution in [0.15, 0.2) is 36.7 Å². The van der Waals surface area contributed by atoms with E-state index in [9.17, 15) is 0 Å². The Bertz CT molecular complexity index is 624. The highest BCUT2D eigenvalue weighted by Crippen LogP contribution is 2.31. The Morgan fingerprint density at radius 1 is 1.17 bits per heavy atom. The highest BCUT2D eigenvalue weighted by atomic mass is 16.5. The number of ether oxygens (including phenoxy) is 1. The van der Waals surface area contributed by atoms with E-state index < -0.39 is 0 Å². The van der Waals surface area contributed by atoms with E-state index in [-0.39, 0.29) is 0 Å². The van der Waals surface area contributed by atoms with E-state index in [1.807, 2.05) is 6.92 Å². The van der Waals surface area contributed by atoms with E-state index >= 15 is 0 Å². The minimum Gasteiger partial charge on any atom is -0.476 e. The Balaban J connectivity index is 1.62. The standard InChI is InChI=1S/C18H24N4O/c1-2-23-18-16(19)17(20-13-21-18)22-10-8-15(9-11-22)12-14-6-4-3-5-7-14/h3-7,13,15H,2,8-12,19H2,1H3. The third kappa shape index (κ3) is 3.73. The third-order valence-electron chi connectivity index (χ3n) is 4.39. The van der Waals surface area contributed by atoms with Crippen LogP contribution in [0.2, 0.25) is 0 Å². The van der Waals surface area contributed by atoms with Crippen molar-refractivity contribution in [2.24, 2.45) is 5.92 Å². The number of hydrogen-bond acceptors (Lipinski definition) is 5. The molecule has 0 spiro atoms. The van der Waals surface area contributed by atoms with Gasteiger partial charge >= 0.3 is 0 Å². The number of hydrogen-bond donors (Lipinski definition) is 1. The van der Waals surface area contributed by atoms with Crippen molar-refractivity contribution in [2.45, 2.75) is 26.2 Å². The SMILES string of the molecule is CCOc1ncnc(N2CCC(Cc3ccccc3)CC2)c1N. The largest absolute Gasteiger partial charge is 0.476 e. The Kier molecular flexibility index (Phi) is 4.95. The molecule has 0 saturated carbocycles. The second-order valence-electron chi connectivity index (χ2n) is 5.97. The molecule has 2 aromatic rings. The summed E-state index contributed by atoms with van der Waals surface area (Å²) in [6, 6.07) is 10.7. The van der Waals surface area contributed by atoms with Crippen LogP contribution in [0.4, 0.5) is 11.5 Å². The first kappa shape index (κ1) is 15.6. The van der Waals surface area contributed by atoms with Crippen molar-refractivity contribution >= 4 is 11.5 Å². The zero-order valence-corrected chi connectivity index (χ0v) is 13.6. The second kappa shape index (κ2) is 7.31. The lowest BCUT2D eigenvalue weighted by Crippen LogP contribution is -2.35. The van der Waals surface area contributed by atoms with E-state index in [0.717, 1.165) is 44.1 Å². The summed E-state index contributed by atoms with van der Waals surface area (Å²) in [4.78, 5) is 10.7. The molecule has 0 unspecified atom stereocenters. The van der Waals surface area contributed by atoms with Crippen LogP contribution < -0.4 is 15.4 Å². The Hall–Kier alpha value is -2.30. The number of benzene rings is 1. The number of piperidine rings is 1. The molecule has 1 aliphatic heterocycles. The van der Waals surface area contributed by atoms with Gasteiger partial charge in [0.05, 0.1) is 6.61 Å². The van der Waals surface area contributed by atoms with Crippen molar-refractivity contribution in [1.29, 1.82) is 0 Å². The van der Waals surface area contributed by atoms with Crippen LogP contribution in [0.5, 0.6) is 5.88 Å². The van der Waals surface area contributed by atoms with Crippen molar-refractivity contribution in [2.75, 3.05) is 30.3 Å². The Morgan fingerprint density at radius 2 is 1.91 bits per heavy atom. The fraction of sp³-hybridized carbons (Fsp3) is 0.444. The molecule has 1 aromatic heterocycles. The van der Waals surface area contributed by atoms with E-state index in [2.05, 4.69) is 45.2 Å². The van der Waals surface area contributed by atoms with Gasteiger partial charge in [-0.2, -0.15) is 4.98 Å². The van der Waals surface area contributed by atoms with Gasteiger partial charge in [0.15, 0.2) is 5.82 Å². The fourth-order valence-corrected chi connectivity index (χ4v) is 3.17. The quantitative estimate of drug-likeness (QED) is 0.919. The predicted octanol–water partition coefficient (Wildman–Crippen LogP) is 2.92. The maximum absolute atomic E-state index is 6.17. The first-order valence-electron chi connectivity index (χ1n) is 8.30. The summed E-state index contributed by atoms with van der Waals surface area (Å²) in [6.07, 6.45) is 5.00. The smallest absolute Gasteiger partial charge is 0.242 e. The van der Waals surface area contributed by atoms with Crippen LogP contribution in [0.25, 0.3) is 0 Å². The van der Waals surface area contributed by atoms with Gasteiger partial charge < -0.3 is 15.4 Å². The molecule has 0 bridgehead atoms. The maximum atomic E-state index is 6.17. The highest BCUT2D eigenvalue weighted by Gasteiger charge is 2.23. The van der Waals surface area contributed by atoms with Crippen molar-refractivity contribution in [3.05, 3.63) is 42.2 Å². The van der Waals surface area contributed by atoms with E-state index in [1.54, 1.807) is 0 Å². The van der Waals surface area contributed by atoms with Crippen molar-refractivity contribution < 1.29 is 4.74 Å². The molecule has 0 radical (unpaired) electrons. The van der Waals surface area contributed by atoms with Crippen LogP contribution in [-0.2, 0) is 6.42 Å². The van der Waals surface area contributed by atoms with Gasteiger partial charge in [-0.25, -0.2) is 4.98 Å². The molecule has 0 aliphatic carbocycles. The number of rotatable bonds is 5. The molecular formula is C18H24N4O. The van der Waals surface area contributed by atoms with Gasteiger partial charge in [-0.3, -0.25) is 0 Å². The fourth-order valence-electron chi connectivity index (χ4n) is 3.17. The first-order chi connectivity index (χ1) is 11.3. The normalized spacial score (nSPS) is 15.6. The van der Waals surface area contributed by atoms with E-state index in [0.29, 0.717) is 18.2 Å². The molecule has 5 nitrogen and oxygen atoms in total. The number of anilines is 2. The van der Waals surface area contributed by atoms with Crippen LogP contribution in [0.3, 0.4) is 0 Å². The lowest BCUT2D eigenvalue weighted by molar-refractivity contribution is 0.328. The molecule has 2 N–H and O–H groups in total. The van der Waals surface area contributed by atoms with Crippen LogP contribution in [0.1, 0.15) is 25.3 Å². The molecule has 1 aliphatic rings. The number of aromatic nitrogens is 2. The predicted molar refractivity (Wildman–Crippen MR) is 92.7 cm³/mol. The lowest BCUT2D eigenvalue weighted by Gasteiger charge is -2.33. The lowest BCUT2D eigenvalue weighted by atomic mass is 9.90. The Labute approximate surface area is 137 Å². The molecule has 0 atom stereocenters. The molecule has 1 aromatic carbocycles. The molecular weight excluding hydrogens is 288 g/mol. The Morgan fingerprint density at radius 3 is 2.61 bits per heavy atom.